The topological polar surface area (TPSA) is 501 Å². The number of H-pyrrole nitrogens is 1. The summed E-state index contributed by atoms with van der Waals surface area (Å²) in [6.45, 7) is 10.1. The molecule has 115 heavy (non-hydrogen) atoms. The number of anilines is 5. The maximum absolute atomic E-state index is 11.5. The van der Waals surface area contributed by atoms with Gasteiger partial charge in [0.1, 0.15) is 62.1 Å². The van der Waals surface area contributed by atoms with Crippen LogP contribution in [0.4, 0.5) is 29.1 Å². The number of aromatic amines is 1. The van der Waals surface area contributed by atoms with E-state index in [4.69, 9.17) is 109 Å². The van der Waals surface area contributed by atoms with E-state index in [2.05, 4.69) is 124 Å². The Morgan fingerprint density at radius 3 is 1.16 bits per heavy atom. The molecule has 11 rings (SSSR count). The Kier molecular flexibility index (Phi) is 60.1. The molecule has 11 aromatic rings. The molecule has 0 spiro atoms. The van der Waals surface area contributed by atoms with E-state index in [1.54, 1.807) is 24.3 Å². The van der Waals surface area contributed by atoms with Crippen LogP contribution >= 0.6 is 121 Å². The molecular weight excluding hydrogens is 1920 g/mol. The standard InChI is InChI=1S/C16H18ClN5O2.C14H17N5O.C10H6Cl2N2.C10H8ClN3.C10H8N2O2.C7H8N2.C3H8.C2H2Cl2O.C2H7N2.Ac.Cl3OP.ClH.H3N/c1-11(23)18-7-8-19-13-9-14(20-15(24)10-17)22-16(21-13)12-5-3-2-4-6-12;1-10(20)16-7-8-17-13-9-12(15)18-14(19-13)11-5-3-2-4-6-11;2*11-8-6-9(12)14-10(13-8)7-4-2-1-3-5-7;13-8-6-9(14)12-10(11-8)7-4-2-1-3-5-7;8-7(9)6-4-2-1-3-5-6;1-3-2;3-1-2(4)5;3-1-2-4;;1-5(2,3)4;;/h2-6,9H,7-8,10H2,1H3,(H,18,23)(H2,19,20,21,22,24);2-6,9H,7-8H2,1H3,(H,16,20)(H3,15,17,18,19);1-6H;1-6H,(H2,12,13,14);1-6H,(H2,11,12,13,14);1-5H,(H3,8,9);3H2,1-2H3;1H2;3H,1-2,4H2;;;1H;1H3/q;;;;;;;;-1;;;;. The van der Waals surface area contributed by atoms with Gasteiger partial charge in [0, 0.05) is 142 Å². The first-order chi connectivity index (χ1) is 53.4. The second-order valence-corrected chi connectivity index (χ2v) is 30.2. The average Bonchev–Trinajstić information content (AvgIpc) is 0.848. The first-order valence-electron chi connectivity index (χ1n) is 33.0. The van der Waals surface area contributed by atoms with Crippen LogP contribution in [0.3, 0.4) is 0 Å². The van der Waals surface area contributed by atoms with E-state index in [0.717, 1.165) is 39.4 Å². The normalized spacial score (nSPS) is 9.49. The molecule has 613 valence electrons. The van der Waals surface area contributed by atoms with Crippen LogP contribution in [0.1, 0.15) is 39.7 Å². The molecule has 0 unspecified atom stereocenters. The molecule has 0 aliphatic heterocycles. The number of halogens is 10. The minimum atomic E-state index is -3.22. The van der Waals surface area contributed by atoms with Crippen molar-refractivity contribution in [2.75, 3.05) is 78.4 Å². The Bertz CT molecular complexity index is 4560. The van der Waals surface area contributed by atoms with Gasteiger partial charge >= 0.3 is 5.20 Å². The number of nitrogens with two attached hydrogens (primary N) is 4. The number of aromatic nitrogens is 10. The molecule has 20 N–H and O–H groups in total. The minimum Gasteiger partial charge on any atom is -0.676 e. The number of hydrogen-bond acceptors (Lipinski definition) is 23. The predicted molar refractivity (Wildman–Crippen MR) is 470 cm³/mol. The van der Waals surface area contributed by atoms with Crippen LogP contribution in [-0.2, 0) is 23.7 Å². The zero-order chi connectivity index (χ0) is 83.2. The van der Waals surface area contributed by atoms with Gasteiger partial charge in [0.05, 0.1) is 11.9 Å². The van der Waals surface area contributed by atoms with Gasteiger partial charge in [0.15, 0.2) is 23.3 Å². The molecule has 5 aromatic heterocycles. The molecule has 29 nitrogen and oxygen atoms in total. The third kappa shape index (κ3) is 52.7. The summed E-state index contributed by atoms with van der Waals surface area (Å²) >= 11 is 46.2. The molecule has 5 heterocycles. The monoisotopic (exact) mass is 2000 g/mol. The van der Waals surface area contributed by atoms with Gasteiger partial charge in [0.2, 0.25) is 28.8 Å². The molecule has 0 saturated heterocycles. The third-order valence-electron chi connectivity index (χ3n) is 12.1. The van der Waals surface area contributed by atoms with Crippen molar-refractivity contribution in [1.82, 2.24) is 66.6 Å². The number of aromatic hydroxyl groups is 1. The van der Waals surface area contributed by atoms with Crippen molar-refractivity contribution in [3.63, 3.8) is 0 Å². The van der Waals surface area contributed by atoms with Crippen molar-refractivity contribution in [2.24, 2.45) is 11.5 Å². The number of hydrogen-bond donors (Lipinski definition) is 13. The van der Waals surface area contributed by atoms with Gasteiger partial charge < -0.3 is 71.5 Å². The van der Waals surface area contributed by atoms with Crippen LogP contribution in [0.5, 0.6) is 5.88 Å². The predicted octanol–water partition coefficient (Wildman–Crippen LogP) is 16.9. The number of nitrogens with one attached hydrogen (secondary N) is 8. The van der Waals surface area contributed by atoms with Crippen molar-refractivity contribution in [3.05, 3.63) is 249 Å². The maximum Gasteiger partial charge on any atom is 0.339 e. The number of carbonyl (C=O) groups is 4. The Morgan fingerprint density at radius 2 is 0.835 bits per heavy atom. The molecule has 0 saturated carbocycles. The van der Waals surface area contributed by atoms with Crippen LogP contribution < -0.4 is 61.2 Å². The molecule has 0 bridgehead atoms. The summed E-state index contributed by atoms with van der Waals surface area (Å²) in [5, 5.41) is 27.7. The first-order valence-corrected chi connectivity index (χ1v) is 40.0. The van der Waals surface area contributed by atoms with Crippen LogP contribution in [0.25, 0.3) is 62.7 Å². The third-order valence-corrected chi connectivity index (χ3v) is 13.4. The Hall–Kier alpha value is -8.48. The zero-order valence-electron chi connectivity index (χ0n) is 62.3. The number of nitrogen functional groups attached to an aromatic ring is 3. The summed E-state index contributed by atoms with van der Waals surface area (Å²) in [7, 11) is 0. The Balaban J connectivity index is 0. The van der Waals surface area contributed by atoms with E-state index in [9.17, 15) is 28.5 Å². The fraction of sp³-hybridized carbons (Fsp3) is 0.176. The number of rotatable bonds is 18. The van der Waals surface area contributed by atoms with Crippen LogP contribution in [0.2, 0.25) is 15.5 Å². The number of amidine groups is 1. The molecular formula is C74H86AcCl10N22O7P-. The quantitative estimate of drug-likeness (QED) is 0.00721. The van der Waals surface area contributed by atoms with E-state index in [0.29, 0.717) is 113 Å². The van der Waals surface area contributed by atoms with Gasteiger partial charge in [-0.1, -0.05) is 237 Å². The molecule has 3 amide bonds. The molecule has 0 aliphatic rings. The summed E-state index contributed by atoms with van der Waals surface area (Å²) in [6.07, 6.45) is 1.25. The van der Waals surface area contributed by atoms with Crippen LogP contribution in [-0.4, -0.2) is 135 Å². The smallest absolute Gasteiger partial charge is 0.339 e. The van der Waals surface area contributed by atoms with Gasteiger partial charge in [-0.3, -0.25) is 33.9 Å². The van der Waals surface area contributed by atoms with Gasteiger partial charge in [0.25, 0.3) is 5.56 Å². The SMILES string of the molecule is CC(=O)NCCNc1cc(N)nc(-c2ccccc2)n1.CC(=O)NCCNc1cc(NC(=O)CCl)nc(-c2ccccc2)n1.CCC.Cl.Clc1cc(Cl)nc(-c2ccccc2)n1.N.N=C(N)c1ccccc1.Nc1cc(Cl)nc(-c2ccccc2)n1.O=C(Cl)CCl.O=P(Cl)(Cl)Cl.O=c1cc(O)nc(-c2ccccc2)[nH]1.[Ac].[NH-]CCN. The first kappa shape index (κ1) is 109. The number of alkyl halides is 2. The van der Waals surface area contributed by atoms with E-state index in [-0.39, 0.29) is 109 Å². The van der Waals surface area contributed by atoms with Crippen molar-refractivity contribution in [3.8, 4) is 62.8 Å². The summed E-state index contributed by atoms with van der Waals surface area (Å²) in [6, 6.07) is 63.9. The summed E-state index contributed by atoms with van der Waals surface area (Å²) in [4.78, 5) is 93.7. The van der Waals surface area contributed by atoms with Crippen molar-refractivity contribution in [2.45, 2.75) is 34.1 Å². The molecule has 6 aromatic carbocycles. The fourth-order valence-corrected chi connectivity index (χ4v) is 8.36. The summed E-state index contributed by atoms with van der Waals surface area (Å²) < 4.78 is 9.51. The molecule has 1 radical (unpaired) electrons. The van der Waals surface area contributed by atoms with Gasteiger partial charge in [-0.15, -0.1) is 42.2 Å². The van der Waals surface area contributed by atoms with E-state index >= 15 is 0 Å². The van der Waals surface area contributed by atoms with E-state index < -0.39 is 10.4 Å². The second kappa shape index (κ2) is 63.7. The van der Waals surface area contributed by atoms with Crippen molar-refractivity contribution in [1.29, 1.82) is 5.41 Å². The molecule has 41 heteroatoms. The minimum absolute atomic E-state index is 0. The zero-order valence-corrected chi connectivity index (χ0v) is 75.6. The summed E-state index contributed by atoms with van der Waals surface area (Å²) in [5.74, 6) is 3.94. The number of amides is 3. The van der Waals surface area contributed by atoms with E-state index in [1.807, 2.05) is 170 Å². The maximum atomic E-state index is 11.5. The van der Waals surface area contributed by atoms with Crippen molar-refractivity contribution < 1.29 is 72.9 Å². The van der Waals surface area contributed by atoms with E-state index in [1.165, 1.54) is 32.4 Å². The largest absolute Gasteiger partial charge is 0.676 e. The van der Waals surface area contributed by atoms with Crippen molar-refractivity contribution >= 4 is 179 Å². The van der Waals surface area contributed by atoms with Gasteiger partial charge in [-0.2, -0.15) is 4.98 Å². The molecule has 0 atom stereocenters. The average molecular weight is 2010 g/mol. The number of carbonyl (C=O) groups excluding carboxylic acids is 4. The Labute approximate surface area is 752 Å². The van der Waals surface area contributed by atoms with Crippen LogP contribution in [0, 0.1) is 49.5 Å². The Morgan fingerprint density at radius 1 is 0.522 bits per heavy atom. The number of benzene rings is 6. The molecule has 0 fully saturated rings. The van der Waals surface area contributed by atoms with Crippen LogP contribution in [0.15, 0.2) is 217 Å². The second-order valence-electron chi connectivity index (χ2n) is 21.4. The molecule has 0 aliphatic carbocycles. The van der Waals surface area contributed by atoms with Gasteiger partial charge in [-0.05, 0) is 51.9 Å². The fourth-order valence-electron chi connectivity index (χ4n) is 7.68. The summed E-state index contributed by atoms with van der Waals surface area (Å²) in [5.41, 5.74) is 32.4. The van der Waals surface area contributed by atoms with Gasteiger partial charge in [-0.25, -0.2) is 39.9 Å². The number of nitrogens with zero attached hydrogens (tertiary/aromatic N) is 9.